The Morgan fingerprint density at radius 3 is 2.52 bits per heavy atom. The molecular weight excluding hydrogens is 304 g/mol. The van der Waals surface area contributed by atoms with Gasteiger partial charge in [-0.1, -0.05) is 6.07 Å². The third-order valence-corrected chi connectivity index (χ3v) is 3.63. The fraction of sp³-hybridized carbons (Fsp3) is 0.188. The molecule has 7 heteroatoms. The highest BCUT2D eigenvalue weighted by Gasteiger charge is 2.49. The summed E-state index contributed by atoms with van der Waals surface area (Å²) in [5.41, 5.74) is 0.237. The molecule has 1 aliphatic heterocycles. The summed E-state index contributed by atoms with van der Waals surface area (Å²) in [5.74, 6) is -3.50. The lowest BCUT2D eigenvalue weighted by molar-refractivity contribution is -0.0891. The zero-order chi connectivity index (χ0) is 16.8. The molecule has 2 aromatic rings. The quantitative estimate of drug-likeness (QED) is 0.674. The summed E-state index contributed by atoms with van der Waals surface area (Å²) >= 11 is 0. The van der Waals surface area contributed by atoms with Gasteiger partial charge < -0.3 is 29.9 Å². The van der Waals surface area contributed by atoms with Gasteiger partial charge in [0.1, 0.15) is 34.3 Å². The summed E-state index contributed by atoms with van der Waals surface area (Å²) in [6.07, 6.45) is -0.337. The van der Waals surface area contributed by atoms with Crippen LogP contribution in [0.3, 0.4) is 0 Å². The van der Waals surface area contributed by atoms with E-state index in [4.69, 9.17) is 9.47 Å². The predicted molar refractivity (Wildman–Crippen MR) is 78.0 cm³/mol. The van der Waals surface area contributed by atoms with Crippen molar-refractivity contribution < 1.29 is 34.7 Å². The first kappa shape index (κ1) is 15.0. The largest absolute Gasteiger partial charge is 0.508 e. The van der Waals surface area contributed by atoms with Crippen LogP contribution in [0.1, 0.15) is 15.9 Å². The van der Waals surface area contributed by atoms with E-state index in [0.29, 0.717) is 0 Å². The van der Waals surface area contributed by atoms with Crippen LogP contribution in [0.2, 0.25) is 0 Å². The van der Waals surface area contributed by atoms with Crippen LogP contribution in [0, 0.1) is 0 Å². The Morgan fingerprint density at radius 2 is 1.87 bits per heavy atom. The maximum Gasteiger partial charge on any atom is 0.277 e. The Morgan fingerprint density at radius 1 is 1.13 bits per heavy atom. The minimum atomic E-state index is -2.24. The highest BCUT2D eigenvalue weighted by molar-refractivity contribution is 6.09. The zero-order valence-corrected chi connectivity index (χ0v) is 12.1. The maximum atomic E-state index is 12.5. The highest BCUT2D eigenvalue weighted by Crippen LogP contribution is 2.44. The van der Waals surface area contributed by atoms with E-state index in [1.54, 1.807) is 0 Å². The molecule has 4 N–H and O–H groups in total. The Labute approximate surface area is 131 Å². The van der Waals surface area contributed by atoms with Gasteiger partial charge in [0, 0.05) is 30.2 Å². The SMILES string of the molecule is COc1cc(O)cc2c1C(=O)[C@](O)(Cc1ccc(O)cc1O)O2. The Kier molecular flexibility index (Phi) is 3.30. The summed E-state index contributed by atoms with van der Waals surface area (Å²) in [6.45, 7) is 0. The normalized spacial score (nSPS) is 19.3. The molecule has 0 saturated carbocycles. The number of carbonyl (C=O) groups is 1. The number of carbonyl (C=O) groups excluding carboxylic acids is 1. The number of ketones is 1. The number of Topliss-reactive ketones (excluding diaryl/α,β-unsaturated/α-hetero) is 1. The second-order valence-electron chi connectivity index (χ2n) is 5.23. The van der Waals surface area contributed by atoms with E-state index in [2.05, 4.69) is 0 Å². The van der Waals surface area contributed by atoms with Crippen LogP contribution >= 0.6 is 0 Å². The fourth-order valence-electron chi connectivity index (χ4n) is 2.54. The molecule has 3 rings (SSSR count). The fourth-order valence-corrected chi connectivity index (χ4v) is 2.54. The average Bonchev–Trinajstić information content (AvgIpc) is 2.72. The Hall–Kier alpha value is -2.93. The molecule has 1 aliphatic rings. The van der Waals surface area contributed by atoms with Crippen molar-refractivity contribution >= 4 is 5.78 Å². The van der Waals surface area contributed by atoms with E-state index >= 15 is 0 Å². The molecule has 0 bridgehead atoms. The van der Waals surface area contributed by atoms with Crippen LogP contribution < -0.4 is 9.47 Å². The number of phenolic OH excluding ortho intramolecular Hbond substituents is 3. The molecule has 0 aliphatic carbocycles. The molecule has 120 valence electrons. The molecule has 0 spiro atoms. The van der Waals surface area contributed by atoms with E-state index in [9.17, 15) is 25.2 Å². The number of aliphatic hydroxyl groups is 1. The molecule has 0 fully saturated rings. The summed E-state index contributed by atoms with van der Waals surface area (Å²) < 4.78 is 10.3. The highest BCUT2D eigenvalue weighted by atomic mass is 16.6. The van der Waals surface area contributed by atoms with Gasteiger partial charge in [-0.2, -0.15) is 0 Å². The molecule has 2 aromatic carbocycles. The minimum absolute atomic E-state index is 0.00684. The van der Waals surface area contributed by atoms with E-state index in [-0.39, 0.29) is 46.3 Å². The van der Waals surface area contributed by atoms with Crippen LogP contribution in [0.4, 0.5) is 0 Å². The van der Waals surface area contributed by atoms with E-state index < -0.39 is 11.6 Å². The zero-order valence-electron chi connectivity index (χ0n) is 12.1. The first-order chi connectivity index (χ1) is 10.8. The van der Waals surface area contributed by atoms with Gasteiger partial charge in [-0.05, 0) is 6.07 Å². The lowest BCUT2D eigenvalue weighted by Gasteiger charge is -2.21. The smallest absolute Gasteiger partial charge is 0.277 e. The van der Waals surface area contributed by atoms with Gasteiger partial charge in [0.2, 0.25) is 5.78 Å². The van der Waals surface area contributed by atoms with Crippen LogP contribution in [-0.4, -0.2) is 39.1 Å². The Balaban J connectivity index is 2.00. The predicted octanol–water partition coefficient (Wildman–Crippen LogP) is 1.32. The van der Waals surface area contributed by atoms with Crippen LogP contribution in [0.25, 0.3) is 0 Å². The third-order valence-electron chi connectivity index (χ3n) is 3.63. The molecule has 1 heterocycles. The molecular formula is C16H14O7. The van der Waals surface area contributed by atoms with Crippen molar-refractivity contribution in [2.75, 3.05) is 7.11 Å². The summed E-state index contributed by atoms with van der Waals surface area (Å²) in [5, 5.41) is 39.3. The number of phenols is 3. The Bertz CT molecular complexity index is 799. The van der Waals surface area contributed by atoms with Gasteiger partial charge in [-0.25, -0.2) is 0 Å². The second-order valence-corrected chi connectivity index (χ2v) is 5.23. The van der Waals surface area contributed by atoms with Crippen molar-refractivity contribution in [2.45, 2.75) is 12.2 Å². The van der Waals surface area contributed by atoms with Crippen molar-refractivity contribution in [2.24, 2.45) is 0 Å². The first-order valence-electron chi connectivity index (χ1n) is 6.72. The number of fused-ring (bicyclic) bond motifs is 1. The van der Waals surface area contributed by atoms with Crippen molar-refractivity contribution in [3.8, 4) is 28.7 Å². The lowest BCUT2D eigenvalue weighted by atomic mass is 9.97. The molecule has 1 atom stereocenters. The van der Waals surface area contributed by atoms with Crippen molar-refractivity contribution in [3.63, 3.8) is 0 Å². The number of hydrogen-bond donors (Lipinski definition) is 4. The monoisotopic (exact) mass is 318 g/mol. The molecule has 23 heavy (non-hydrogen) atoms. The number of aromatic hydroxyl groups is 3. The minimum Gasteiger partial charge on any atom is -0.508 e. The van der Waals surface area contributed by atoms with Crippen LogP contribution in [0.5, 0.6) is 28.7 Å². The van der Waals surface area contributed by atoms with Gasteiger partial charge in [-0.15, -0.1) is 0 Å². The van der Waals surface area contributed by atoms with E-state index in [0.717, 1.165) is 6.07 Å². The summed E-state index contributed by atoms with van der Waals surface area (Å²) in [4.78, 5) is 12.5. The van der Waals surface area contributed by atoms with Gasteiger partial charge >= 0.3 is 0 Å². The second kappa shape index (κ2) is 5.06. The van der Waals surface area contributed by atoms with Crippen LogP contribution in [-0.2, 0) is 6.42 Å². The van der Waals surface area contributed by atoms with E-state index in [1.807, 2.05) is 0 Å². The van der Waals surface area contributed by atoms with Gasteiger partial charge in [-0.3, -0.25) is 4.79 Å². The standard InChI is InChI=1S/C16H14O7/c1-22-12-5-10(18)6-13-14(12)15(20)16(21,23-13)7-8-2-3-9(17)4-11(8)19/h2-6,17-19,21H,7H2,1H3/t16-/m0/s1. The molecule has 0 aromatic heterocycles. The average molecular weight is 318 g/mol. The molecule has 0 radical (unpaired) electrons. The number of benzene rings is 2. The number of methoxy groups -OCH3 is 1. The van der Waals surface area contributed by atoms with Gasteiger partial charge in [0.05, 0.1) is 7.11 Å². The van der Waals surface area contributed by atoms with Crippen molar-refractivity contribution in [1.29, 1.82) is 0 Å². The number of ether oxygens (including phenoxy) is 2. The first-order valence-corrected chi connectivity index (χ1v) is 6.72. The molecule has 0 amide bonds. The van der Waals surface area contributed by atoms with Gasteiger partial charge in [0.25, 0.3) is 5.79 Å². The number of hydrogen-bond acceptors (Lipinski definition) is 7. The summed E-state index contributed by atoms with van der Waals surface area (Å²) in [7, 11) is 1.32. The molecule has 0 unspecified atom stereocenters. The maximum absolute atomic E-state index is 12.5. The third kappa shape index (κ3) is 2.40. The van der Waals surface area contributed by atoms with E-state index in [1.165, 1.54) is 31.4 Å². The molecule has 0 saturated heterocycles. The topological polar surface area (TPSA) is 116 Å². The van der Waals surface area contributed by atoms with Crippen molar-refractivity contribution in [3.05, 3.63) is 41.5 Å². The van der Waals surface area contributed by atoms with Crippen molar-refractivity contribution in [1.82, 2.24) is 0 Å². The van der Waals surface area contributed by atoms with Gasteiger partial charge in [0.15, 0.2) is 0 Å². The summed E-state index contributed by atoms with van der Waals surface area (Å²) in [6, 6.07) is 6.22. The van der Waals surface area contributed by atoms with Crippen LogP contribution in [0.15, 0.2) is 30.3 Å². The molecule has 7 nitrogen and oxygen atoms in total. The number of rotatable bonds is 3. The lowest BCUT2D eigenvalue weighted by Crippen LogP contribution is -2.42.